The van der Waals surface area contributed by atoms with E-state index in [-0.39, 0.29) is 11.4 Å². The van der Waals surface area contributed by atoms with Gasteiger partial charge in [-0.3, -0.25) is 4.79 Å². The second kappa shape index (κ2) is 5.08. The lowest BCUT2D eigenvalue weighted by Crippen LogP contribution is -2.59. The zero-order valence-electron chi connectivity index (χ0n) is 10.5. The van der Waals surface area contributed by atoms with Crippen LogP contribution in [0.4, 0.5) is 0 Å². The molecule has 2 rings (SSSR count). The minimum absolute atomic E-state index is 0.0000617. The molecule has 0 bridgehead atoms. The van der Waals surface area contributed by atoms with Gasteiger partial charge in [0.2, 0.25) is 0 Å². The fourth-order valence-electron chi connectivity index (χ4n) is 2.14. The van der Waals surface area contributed by atoms with E-state index < -0.39 is 0 Å². The van der Waals surface area contributed by atoms with Crippen molar-refractivity contribution in [3.63, 3.8) is 0 Å². The smallest absolute Gasteiger partial charge is 0.254 e. The van der Waals surface area contributed by atoms with Gasteiger partial charge in [-0.05, 0) is 32.0 Å². The molecule has 1 heterocycles. The lowest BCUT2D eigenvalue weighted by Gasteiger charge is -2.42. The van der Waals surface area contributed by atoms with Crippen molar-refractivity contribution < 1.29 is 4.79 Å². The van der Waals surface area contributed by atoms with Gasteiger partial charge in [-0.1, -0.05) is 23.2 Å². The maximum atomic E-state index is 12.5. The number of nitrogens with one attached hydrogen (secondary N) is 1. The second-order valence-corrected chi connectivity index (χ2v) is 5.89. The highest BCUT2D eigenvalue weighted by Crippen LogP contribution is 2.25. The van der Waals surface area contributed by atoms with E-state index >= 15 is 0 Å². The van der Waals surface area contributed by atoms with E-state index in [2.05, 4.69) is 19.2 Å². The summed E-state index contributed by atoms with van der Waals surface area (Å²) < 4.78 is 0. The topological polar surface area (TPSA) is 32.3 Å². The van der Waals surface area contributed by atoms with Gasteiger partial charge in [0.25, 0.3) is 5.91 Å². The van der Waals surface area contributed by atoms with Crippen molar-refractivity contribution in [2.45, 2.75) is 19.4 Å². The predicted molar refractivity (Wildman–Crippen MR) is 74.4 cm³/mol. The third-order valence-electron chi connectivity index (χ3n) is 3.21. The standard InChI is InChI=1S/C13H16Cl2N2O/c1-13(2)8-16-5-6-17(13)12(18)9-3-4-10(14)11(15)7-9/h3-4,7,16H,5-6,8H2,1-2H3. The minimum Gasteiger partial charge on any atom is -0.331 e. The normalized spacial score (nSPS) is 18.8. The number of hydrogen-bond donors (Lipinski definition) is 1. The molecule has 1 aromatic carbocycles. The summed E-state index contributed by atoms with van der Waals surface area (Å²) in [6.45, 7) is 6.41. The fraction of sp³-hybridized carbons (Fsp3) is 0.462. The molecule has 1 saturated heterocycles. The van der Waals surface area contributed by atoms with Crippen molar-refractivity contribution in [3.8, 4) is 0 Å². The molecule has 1 aliphatic rings. The van der Waals surface area contributed by atoms with E-state index in [4.69, 9.17) is 23.2 Å². The molecular formula is C13H16Cl2N2O. The van der Waals surface area contributed by atoms with Crippen molar-refractivity contribution in [2.75, 3.05) is 19.6 Å². The molecule has 0 aromatic heterocycles. The summed E-state index contributed by atoms with van der Waals surface area (Å²) in [5.74, 6) is 0.0000617. The van der Waals surface area contributed by atoms with Gasteiger partial charge in [0.1, 0.15) is 0 Å². The van der Waals surface area contributed by atoms with Crippen LogP contribution in [0.15, 0.2) is 18.2 Å². The Hall–Kier alpha value is -0.770. The number of rotatable bonds is 1. The molecule has 0 atom stereocenters. The molecule has 3 nitrogen and oxygen atoms in total. The van der Waals surface area contributed by atoms with Crippen LogP contribution >= 0.6 is 23.2 Å². The SMILES string of the molecule is CC1(C)CNCCN1C(=O)c1ccc(Cl)c(Cl)c1. The van der Waals surface area contributed by atoms with Crippen molar-refractivity contribution in [3.05, 3.63) is 33.8 Å². The fourth-order valence-corrected chi connectivity index (χ4v) is 2.44. The number of carbonyl (C=O) groups excluding carboxylic acids is 1. The molecular weight excluding hydrogens is 271 g/mol. The lowest BCUT2D eigenvalue weighted by molar-refractivity contribution is 0.0477. The Labute approximate surface area is 117 Å². The Morgan fingerprint density at radius 2 is 2.06 bits per heavy atom. The summed E-state index contributed by atoms with van der Waals surface area (Å²) in [6.07, 6.45) is 0. The third kappa shape index (κ3) is 2.63. The van der Waals surface area contributed by atoms with Gasteiger partial charge in [-0.15, -0.1) is 0 Å². The zero-order chi connectivity index (χ0) is 13.3. The van der Waals surface area contributed by atoms with Crippen LogP contribution in [0.25, 0.3) is 0 Å². The summed E-state index contributed by atoms with van der Waals surface area (Å²) in [5, 5.41) is 4.17. The molecule has 0 saturated carbocycles. The van der Waals surface area contributed by atoms with Crippen LogP contribution in [0.2, 0.25) is 10.0 Å². The number of halogens is 2. The maximum absolute atomic E-state index is 12.5. The van der Waals surface area contributed by atoms with Crippen LogP contribution in [0, 0.1) is 0 Å². The van der Waals surface area contributed by atoms with E-state index in [0.717, 1.165) is 13.1 Å². The van der Waals surface area contributed by atoms with Crippen LogP contribution in [-0.2, 0) is 0 Å². The number of hydrogen-bond acceptors (Lipinski definition) is 2. The number of carbonyl (C=O) groups is 1. The van der Waals surface area contributed by atoms with Crippen LogP contribution < -0.4 is 5.32 Å². The van der Waals surface area contributed by atoms with E-state index in [0.29, 0.717) is 22.2 Å². The van der Waals surface area contributed by atoms with Gasteiger partial charge < -0.3 is 10.2 Å². The van der Waals surface area contributed by atoms with Gasteiger partial charge >= 0.3 is 0 Å². The first kappa shape index (κ1) is 13.7. The monoisotopic (exact) mass is 286 g/mol. The molecule has 1 N–H and O–H groups in total. The van der Waals surface area contributed by atoms with E-state index in [1.807, 2.05) is 4.90 Å². The molecule has 18 heavy (non-hydrogen) atoms. The molecule has 1 fully saturated rings. The van der Waals surface area contributed by atoms with Gasteiger partial charge in [-0.2, -0.15) is 0 Å². The Morgan fingerprint density at radius 3 is 2.67 bits per heavy atom. The van der Waals surface area contributed by atoms with E-state index in [1.165, 1.54) is 0 Å². The first-order chi connectivity index (χ1) is 8.42. The summed E-state index contributed by atoms with van der Waals surface area (Å²) in [5.41, 5.74) is 0.390. The summed E-state index contributed by atoms with van der Waals surface area (Å²) >= 11 is 11.8. The molecule has 1 amide bonds. The Kier molecular flexibility index (Phi) is 3.85. The summed E-state index contributed by atoms with van der Waals surface area (Å²) in [4.78, 5) is 14.4. The Bertz CT molecular complexity index is 474. The van der Waals surface area contributed by atoms with Crippen molar-refractivity contribution in [2.24, 2.45) is 0 Å². The van der Waals surface area contributed by atoms with Crippen molar-refractivity contribution in [1.29, 1.82) is 0 Å². The highest BCUT2D eigenvalue weighted by Gasteiger charge is 2.33. The average molecular weight is 287 g/mol. The Balaban J connectivity index is 2.27. The van der Waals surface area contributed by atoms with Crippen LogP contribution in [-0.4, -0.2) is 36.0 Å². The molecule has 5 heteroatoms. The second-order valence-electron chi connectivity index (χ2n) is 5.07. The van der Waals surface area contributed by atoms with Gasteiger partial charge in [0.05, 0.1) is 15.6 Å². The van der Waals surface area contributed by atoms with Crippen molar-refractivity contribution >= 4 is 29.1 Å². The minimum atomic E-state index is -0.193. The molecule has 0 unspecified atom stereocenters. The first-order valence-electron chi connectivity index (χ1n) is 5.89. The van der Waals surface area contributed by atoms with Crippen molar-refractivity contribution in [1.82, 2.24) is 10.2 Å². The highest BCUT2D eigenvalue weighted by molar-refractivity contribution is 6.42. The highest BCUT2D eigenvalue weighted by atomic mass is 35.5. The average Bonchev–Trinajstić information content (AvgIpc) is 2.31. The molecule has 1 aromatic rings. The summed E-state index contributed by atoms with van der Waals surface area (Å²) in [7, 11) is 0. The third-order valence-corrected chi connectivity index (χ3v) is 3.95. The number of nitrogens with zero attached hydrogens (tertiary/aromatic N) is 1. The molecule has 0 spiro atoms. The predicted octanol–water partition coefficient (Wildman–Crippen LogP) is 2.82. The number of amides is 1. The van der Waals surface area contributed by atoms with Gasteiger partial charge in [-0.25, -0.2) is 0 Å². The number of benzene rings is 1. The quantitative estimate of drug-likeness (QED) is 0.861. The van der Waals surface area contributed by atoms with Crippen LogP contribution in [0.5, 0.6) is 0 Å². The Morgan fingerprint density at radius 1 is 1.33 bits per heavy atom. The molecule has 0 radical (unpaired) electrons. The molecule has 1 aliphatic heterocycles. The van der Waals surface area contributed by atoms with E-state index in [9.17, 15) is 4.79 Å². The number of piperazine rings is 1. The zero-order valence-corrected chi connectivity index (χ0v) is 12.0. The first-order valence-corrected chi connectivity index (χ1v) is 6.65. The summed E-state index contributed by atoms with van der Waals surface area (Å²) in [6, 6.07) is 5.01. The van der Waals surface area contributed by atoms with E-state index in [1.54, 1.807) is 18.2 Å². The van der Waals surface area contributed by atoms with Gasteiger partial charge in [0, 0.05) is 25.2 Å². The van der Waals surface area contributed by atoms with Crippen LogP contribution in [0.1, 0.15) is 24.2 Å². The van der Waals surface area contributed by atoms with Crippen LogP contribution in [0.3, 0.4) is 0 Å². The lowest BCUT2D eigenvalue weighted by atomic mass is 9.99. The molecule has 0 aliphatic carbocycles. The van der Waals surface area contributed by atoms with Gasteiger partial charge in [0.15, 0.2) is 0 Å². The maximum Gasteiger partial charge on any atom is 0.254 e. The molecule has 98 valence electrons. The largest absolute Gasteiger partial charge is 0.331 e.